The number of rotatable bonds is 7. The number of carbonyl (C=O) groups is 1. The van der Waals surface area contributed by atoms with Crippen LogP contribution in [0.3, 0.4) is 0 Å². The Morgan fingerprint density at radius 1 is 1.19 bits per heavy atom. The number of nitrogens with one attached hydrogen (secondary N) is 1. The summed E-state index contributed by atoms with van der Waals surface area (Å²) >= 11 is 0. The Morgan fingerprint density at radius 2 is 2.00 bits per heavy atom. The van der Waals surface area contributed by atoms with Crippen LogP contribution in [0.4, 0.5) is 0 Å². The molecule has 0 fully saturated rings. The van der Waals surface area contributed by atoms with E-state index in [0.29, 0.717) is 12.3 Å². The Bertz CT molecular complexity index is 981. The van der Waals surface area contributed by atoms with E-state index in [1.807, 2.05) is 6.07 Å². The van der Waals surface area contributed by atoms with Gasteiger partial charge in [-0.05, 0) is 53.6 Å². The second-order valence-electron chi connectivity index (χ2n) is 7.18. The number of nitrogens with zero attached hydrogens (tertiary/aromatic N) is 2. The SMILES string of the molecule is CC(CCC(=O)NCC#N)Cc1cccc(-c2ccc3c(ccn3C)c2)c1. The molecule has 0 saturated heterocycles. The molecule has 1 N–H and O–H groups in total. The third-order valence-corrected chi connectivity index (χ3v) is 4.96. The normalized spacial score (nSPS) is 11.9. The Labute approximate surface area is 160 Å². The molecule has 27 heavy (non-hydrogen) atoms. The summed E-state index contributed by atoms with van der Waals surface area (Å²) in [6.07, 6.45) is 4.30. The molecule has 1 amide bonds. The Kier molecular flexibility index (Phi) is 5.93. The van der Waals surface area contributed by atoms with Gasteiger partial charge in [-0.15, -0.1) is 0 Å². The maximum absolute atomic E-state index is 11.6. The summed E-state index contributed by atoms with van der Waals surface area (Å²) < 4.78 is 2.13. The number of benzene rings is 2. The summed E-state index contributed by atoms with van der Waals surface area (Å²) in [5.74, 6) is 0.359. The van der Waals surface area contributed by atoms with E-state index in [1.165, 1.54) is 27.6 Å². The van der Waals surface area contributed by atoms with E-state index in [2.05, 4.69) is 78.6 Å². The largest absolute Gasteiger partial charge is 0.351 e. The van der Waals surface area contributed by atoms with E-state index in [4.69, 9.17) is 5.26 Å². The van der Waals surface area contributed by atoms with Crippen molar-refractivity contribution in [3.63, 3.8) is 0 Å². The lowest BCUT2D eigenvalue weighted by Gasteiger charge is -2.12. The Morgan fingerprint density at radius 3 is 2.81 bits per heavy atom. The number of hydrogen-bond acceptors (Lipinski definition) is 2. The van der Waals surface area contributed by atoms with Crippen LogP contribution in [0.25, 0.3) is 22.0 Å². The average Bonchev–Trinajstić information content (AvgIpc) is 3.05. The highest BCUT2D eigenvalue weighted by molar-refractivity contribution is 5.85. The van der Waals surface area contributed by atoms with Gasteiger partial charge in [-0.1, -0.05) is 37.3 Å². The van der Waals surface area contributed by atoms with Gasteiger partial charge in [0, 0.05) is 30.6 Å². The molecule has 0 bridgehead atoms. The molecule has 0 saturated carbocycles. The molecule has 2 aromatic carbocycles. The quantitative estimate of drug-likeness (QED) is 0.634. The molecular formula is C23H25N3O. The van der Waals surface area contributed by atoms with Crippen LogP contribution in [0.15, 0.2) is 54.7 Å². The monoisotopic (exact) mass is 359 g/mol. The lowest BCUT2D eigenvalue weighted by atomic mass is 9.94. The second kappa shape index (κ2) is 8.55. The van der Waals surface area contributed by atoms with E-state index < -0.39 is 0 Å². The molecular weight excluding hydrogens is 334 g/mol. The summed E-state index contributed by atoms with van der Waals surface area (Å²) in [6, 6.07) is 19.3. The standard InChI is InChI=1S/C23H25N3O/c1-17(6-9-23(27)25-12-11-24)14-18-4-3-5-19(15-18)20-7-8-22-21(16-20)10-13-26(22)2/h3-5,7-8,10,13,15-17H,6,9,12,14H2,1-2H3,(H,25,27). The molecule has 1 aromatic heterocycles. The van der Waals surface area contributed by atoms with Crippen LogP contribution < -0.4 is 5.32 Å². The van der Waals surface area contributed by atoms with Gasteiger partial charge in [0.25, 0.3) is 0 Å². The zero-order valence-electron chi connectivity index (χ0n) is 15.9. The smallest absolute Gasteiger partial charge is 0.220 e. The van der Waals surface area contributed by atoms with Crippen molar-refractivity contribution in [3.8, 4) is 17.2 Å². The molecule has 4 heteroatoms. The fourth-order valence-corrected chi connectivity index (χ4v) is 3.45. The first-order valence-corrected chi connectivity index (χ1v) is 9.35. The average molecular weight is 359 g/mol. The third kappa shape index (κ3) is 4.77. The van der Waals surface area contributed by atoms with Gasteiger partial charge < -0.3 is 9.88 Å². The first-order valence-electron chi connectivity index (χ1n) is 9.35. The number of aryl methyl sites for hydroxylation is 1. The lowest BCUT2D eigenvalue weighted by Crippen LogP contribution is -2.23. The summed E-state index contributed by atoms with van der Waals surface area (Å²) in [4.78, 5) is 11.6. The van der Waals surface area contributed by atoms with Gasteiger partial charge in [-0.2, -0.15) is 5.26 Å². The molecule has 0 aliphatic heterocycles. The van der Waals surface area contributed by atoms with E-state index >= 15 is 0 Å². The molecule has 4 nitrogen and oxygen atoms in total. The van der Waals surface area contributed by atoms with Gasteiger partial charge >= 0.3 is 0 Å². The highest BCUT2D eigenvalue weighted by atomic mass is 16.1. The number of carbonyl (C=O) groups excluding carboxylic acids is 1. The molecule has 1 unspecified atom stereocenters. The van der Waals surface area contributed by atoms with Crippen LogP contribution in [-0.2, 0) is 18.3 Å². The minimum atomic E-state index is -0.0479. The van der Waals surface area contributed by atoms with Crippen molar-refractivity contribution in [1.29, 1.82) is 5.26 Å². The van der Waals surface area contributed by atoms with E-state index in [0.717, 1.165) is 12.8 Å². The molecule has 3 rings (SSSR count). The van der Waals surface area contributed by atoms with Crippen LogP contribution in [0.5, 0.6) is 0 Å². The van der Waals surface area contributed by atoms with E-state index in [-0.39, 0.29) is 12.5 Å². The molecule has 0 spiro atoms. The first kappa shape index (κ1) is 18.7. The van der Waals surface area contributed by atoms with Crippen LogP contribution in [-0.4, -0.2) is 17.0 Å². The summed E-state index contributed by atoms with van der Waals surface area (Å²) in [7, 11) is 2.06. The minimum Gasteiger partial charge on any atom is -0.351 e. The Balaban J connectivity index is 1.66. The van der Waals surface area contributed by atoms with Crippen LogP contribution in [0.1, 0.15) is 25.3 Å². The van der Waals surface area contributed by atoms with Crippen molar-refractivity contribution in [3.05, 3.63) is 60.3 Å². The topological polar surface area (TPSA) is 57.8 Å². The van der Waals surface area contributed by atoms with Crippen molar-refractivity contribution in [2.45, 2.75) is 26.2 Å². The molecule has 1 heterocycles. The van der Waals surface area contributed by atoms with Crippen molar-refractivity contribution >= 4 is 16.8 Å². The highest BCUT2D eigenvalue weighted by Crippen LogP contribution is 2.26. The number of hydrogen-bond donors (Lipinski definition) is 1. The lowest BCUT2D eigenvalue weighted by molar-refractivity contribution is -0.121. The van der Waals surface area contributed by atoms with Gasteiger partial charge in [0.2, 0.25) is 5.91 Å². The third-order valence-electron chi connectivity index (χ3n) is 4.96. The number of amides is 1. The Hall–Kier alpha value is -3.06. The molecule has 138 valence electrons. The predicted molar refractivity (Wildman–Crippen MR) is 109 cm³/mol. The van der Waals surface area contributed by atoms with Gasteiger partial charge in [0.15, 0.2) is 0 Å². The molecule has 0 radical (unpaired) electrons. The molecule has 3 aromatic rings. The van der Waals surface area contributed by atoms with Crippen molar-refractivity contribution in [2.24, 2.45) is 13.0 Å². The fraction of sp³-hybridized carbons (Fsp3) is 0.304. The zero-order chi connectivity index (χ0) is 19.2. The molecule has 0 aliphatic rings. The minimum absolute atomic E-state index is 0.0479. The van der Waals surface area contributed by atoms with Crippen molar-refractivity contribution < 1.29 is 4.79 Å². The highest BCUT2D eigenvalue weighted by Gasteiger charge is 2.09. The molecule has 1 atom stereocenters. The van der Waals surface area contributed by atoms with E-state index in [1.54, 1.807) is 0 Å². The first-order chi connectivity index (χ1) is 13.1. The van der Waals surface area contributed by atoms with Crippen molar-refractivity contribution in [1.82, 2.24) is 9.88 Å². The maximum atomic E-state index is 11.6. The number of fused-ring (bicyclic) bond motifs is 1. The summed E-state index contributed by atoms with van der Waals surface area (Å²) in [6.45, 7) is 2.25. The van der Waals surface area contributed by atoms with Crippen LogP contribution in [0.2, 0.25) is 0 Å². The number of aromatic nitrogens is 1. The van der Waals surface area contributed by atoms with Gasteiger partial charge in [0.1, 0.15) is 6.54 Å². The molecule has 0 aliphatic carbocycles. The predicted octanol–water partition coefficient (Wildman–Crippen LogP) is 4.44. The van der Waals surface area contributed by atoms with Gasteiger partial charge in [0.05, 0.1) is 6.07 Å². The fourth-order valence-electron chi connectivity index (χ4n) is 3.45. The summed E-state index contributed by atoms with van der Waals surface area (Å²) in [5.41, 5.74) is 4.96. The van der Waals surface area contributed by atoms with Crippen LogP contribution >= 0.6 is 0 Å². The van der Waals surface area contributed by atoms with Crippen LogP contribution in [0, 0.1) is 17.2 Å². The van der Waals surface area contributed by atoms with Crippen molar-refractivity contribution in [2.75, 3.05) is 6.54 Å². The summed E-state index contributed by atoms with van der Waals surface area (Å²) in [5, 5.41) is 12.3. The van der Waals surface area contributed by atoms with Gasteiger partial charge in [-0.3, -0.25) is 4.79 Å². The maximum Gasteiger partial charge on any atom is 0.220 e. The second-order valence-corrected chi connectivity index (χ2v) is 7.18. The number of nitriles is 1. The zero-order valence-corrected chi connectivity index (χ0v) is 15.9. The van der Waals surface area contributed by atoms with E-state index in [9.17, 15) is 4.79 Å². The van der Waals surface area contributed by atoms with Gasteiger partial charge in [-0.25, -0.2) is 0 Å².